The zero-order valence-corrected chi connectivity index (χ0v) is 18.9. The smallest absolute Gasteiger partial charge is 0.312 e. The van der Waals surface area contributed by atoms with Gasteiger partial charge in [-0.25, -0.2) is 13.4 Å². The van der Waals surface area contributed by atoms with Crippen LogP contribution < -0.4 is 5.32 Å². The van der Waals surface area contributed by atoms with Crippen molar-refractivity contribution in [2.24, 2.45) is 0 Å². The highest BCUT2D eigenvalue weighted by molar-refractivity contribution is 7.89. The van der Waals surface area contributed by atoms with E-state index < -0.39 is 28.5 Å². The number of esters is 1. The molecule has 1 saturated heterocycles. The van der Waals surface area contributed by atoms with Gasteiger partial charge in [0.15, 0.2) is 11.6 Å². The molecule has 4 rings (SSSR count). The standard InChI is InChI=1S/C20H22N4O6S2/c1-14-2-3-16(17(10-14)32(27,28)24-4-7-29-8-5-24)22-18(25)13-30-19(26)11-15-12-23-6-9-31-20(23)21-15/h2-3,6,9-10,12H,4-5,7-8,11,13H2,1H3,(H,22,25). The van der Waals surface area contributed by atoms with Crippen molar-refractivity contribution in [2.45, 2.75) is 18.2 Å². The summed E-state index contributed by atoms with van der Waals surface area (Å²) >= 11 is 1.45. The first kappa shape index (κ1) is 22.4. The summed E-state index contributed by atoms with van der Waals surface area (Å²) in [4.78, 5) is 29.5. The van der Waals surface area contributed by atoms with Gasteiger partial charge in [0.25, 0.3) is 5.91 Å². The summed E-state index contributed by atoms with van der Waals surface area (Å²) in [6.45, 7) is 2.35. The van der Waals surface area contributed by atoms with Gasteiger partial charge in [0, 0.05) is 30.9 Å². The molecule has 0 bridgehead atoms. The van der Waals surface area contributed by atoms with Crippen molar-refractivity contribution in [2.75, 3.05) is 38.2 Å². The molecule has 0 unspecified atom stereocenters. The van der Waals surface area contributed by atoms with Crippen molar-refractivity contribution >= 4 is 43.9 Å². The first-order valence-corrected chi connectivity index (χ1v) is 12.2. The molecule has 3 aromatic rings. The normalized spacial score (nSPS) is 15.0. The summed E-state index contributed by atoms with van der Waals surface area (Å²) in [5, 5.41) is 4.43. The van der Waals surface area contributed by atoms with Crippen molar-refractivity contribution in [3.63, 3.8) is 0 Å². The SMILES string of the molecule is Cc1ccc(NC(=O)COC(=O)Cc2cn3ccsc3n2)c(S(=O)(=O)N2CCOCC2)c1. The van der Waals surface area contributed by atoms with Gasteiger partial charge in [0.1, 0.15) is 4.90 Å². The van der Waals surface area contributed by atoms with E-state index in [1.807, 2.05) is 11.6 Å². The number of nitrogens with one attached hydrogen (secondary N) is 1. The van der Waals surface area contributed by atoms with E-state index >= 15 is 0 Å². The second kappa shape index (κ2) is 9.36. The van der Waals surface area contributed by atoms with Gasteiger partial charge in [-0.05, 0) is 24.6 Å². The predicted molar refractivity (Wildman–Crippen MR) is 117 cm³/mol. The number of nitrogens with zero attached hydrogens (tertiary/aromatic N) is 3. The van der Waals surface area contributed by atoms with Gasteiger partial charge in [-0.1, -0.05) is 6.07 Å². The molecule has 1 aliphatic rings. The van der Waals surface area contributed by atoms with Crippen LogP contribution in [0.15, 0.2) is 40.9 Å². The van der Waals surface area contributed by atoms with Crippen LogP contribution in [0.25, 0.3) is 4.96 Å². The van der Waals surface area contributed by atoms with Gasteiger partial charge < -0.3 is 14.8 Å². The molecule has 2 aromatic heterocycles. The number of benzene rings is 1. The number of morpholine rings is 1. The molecule has 10 nitrogen and oxygen atoms in total. The molecule has 0 aliphatic carbocycles. The number of ether oxygens (including phenoxy) is 2. The van der Waals surface area contributed by atoms with Crippen LogP contribution in [-0.2, 0) is 35.5 Å². The lowest BCUT2D eigenvalue weighted by Crippen LogP contribution is -2.41. The number of carbonyl (C=O) groups excluding carboxylic acids is 2. The van der Waals surface area contributed by atoms with Crippen LogP contribution in [0, 0.1) is 6.92 Å². The maximum Gasteiger partial charge on any atom is 0.312 e. The third kappa shape index (κ3) is 4.99. The lowest BCUT2D eigenvalue weighted by atomic mass is 10.2. The molecular weight excluding hydrogens is 456 g/mol. The molecule has 0 radical (unpaired) electrons. The van der Waals surface area contributed by atoms with Crippen LogP contribution in [0.5, 0.6) is 0 Å². The van der Waals surface area contributed by atoms with E-state index in [9.17, 15) is 18.0 Å². The third-order valence-electron chi connectivity index (χ3n) is 4.83. The van der Waals surface area contributed by atoms with Crippen LogP contribution in [-0.4, -0.2) is 66.9 Å². The maximum absolute atomic E-state index is 13.1. The molecule has 1 aliphatic heterocycles. The van der Waals surface area contributed by atoms with E-state index in [1.165, 1.54) is 27.8 Å². The van der Waals surface area contributed by atoms with Gasteiger partial charge in [-0.15, -0.1) is 11.3 Å². The van der Waals surface area contributed by atoms with Crippen LogP contribution in [0.1, 0.15) is 11.3 Å². The summed E-state index contributed by atoms with van der Waals surface area (Å²) in [7, 11) is -3.82. The number of hydrogen-bond acceptors (Lipinski definition) is 8. The molecule has 1 fully saturated rings. The molecule has 0 saturated carbocycles. The first-order chi connectivity index (χ1) is 15.3. The summed E-state index contributed by atoms with van der Waals surface area (Å²) in [5.74, 6) is -1.23. The van der Waals surface area contributed by atoms with E-state index in [0.717, 1.165) is 10.5 Å². The van der Waals surface area contributed by atoms with Crippen LogP contribution in [0.2, 0.25) is 0 Å². The molecular formula is C20H22N4O6S2. The Bertz CT molecular complexity index is 1220. The number of aryl methyl sites for hydroxylation is 1. The number of aromatic nitrogens is 2. The number of anilines is 1. The fourth-order valence-electron chi connectivity index (χ4n) is 3.26. The van der Waals surface area contributed by atoms with E-state index in [0.29, 0.717) is 18.9 Å². The minimum absolute atomic E-state index is 0.00263. The Morgan fingerprint density at radius 1 is 1.28 bits per heavy atom. The molecule has 1 N–H and O–H groups in total. The number of carbonyl (C=O) groups is 2. The highest BCUT2D eigenvalue weighted by Gasteiger charge is 2.29. The highest BCUT2D eigenvalue weighted by atomic mass is 32.2. The minimum Gasteiger partial charge on any atom is -0.455 e. The Hall–Kier alpha value is -2.80. The Balaban J connectivity index is 1.39. The van der Waals surface area contributed by atoms with Crippen molar-refractivity contribution < 1.29 is 27.5 Å². The fourth-order valence-corrected chi connectivity index (χ4v) is 5.62. The number of sulfonamides is 1. The summed E-state index contributed by atoms with van der Waals surface area (Å²) in [6, 6.07) is 4.74. The average Bonchev–Trinajstić information content (AvgIpc) is 3.36. The monoisotopic (exact) mass is 478 g/mol. The fraction of sp³-hybridized carbons (Fsp3) is 0.350. The van der Waals surface area contributed by atoms with Gasteiger partial charge in [0.05, 0.1) is 31.0 Å². The molecule has 1 amide bonds. The van der Waals surface area contributed by atoms with Gasteiger partial charge in [-0.2, -0.15) is 4.31 Å². The maximum atomic E-state index is 13.1. The number of rotatable bonds is 7. The van der Waals surface area contributed by atoms with Crippen molar-refractivity contribution in [3.05, 3.63) is 47.2 Å². The number of amides is 1. The largest absolute Gasteiger partial charge is 0.455 e. The molecule has 3 heterocycles. The molecule has 32 heavy (non-hydrogen) atoms. The first-order valence-electron chi connectivity index (χ1n) is 9.88. The summed E-state index contributed by atoms with van der Waals surface area (Å²) in [5.41, 5.74) is 1.42. The lowest BCUT2D eigenvalue weighted by molar-refractivity contribution is -0.146. The zero-order chi connectivity index (χ0) is 22.7. The number of thiazole rings is 1. The molecule has 0 spiro atoms. The van der Waals surface area contributed by atoms with Crippen LogP contribution >= 0.6 is 11.3 Å². The van der Waals surface area contributed by atoms with Crippen LogP contribution in [0.3, 0.4) is 0 Å². The average molecular weight is 479 g/mol. The second-order valence-electron chi connectivity index (χ2n) is 7.23. The topological polar surface area (TPSA) is 119 Å². The Morgan fingerprint density at radius 3 is 2.81 bits per heavy atom. The molecule has 12 heteroatoms. The van der Waals surface area contributed by atoms with E-state index in [2.05, 4.69) is 10.3 Å². The Labute approximate surface area is 188 Å². The number of hydrogen-bond donors (Lipinski definition) is 1. The molecule has 170 valence electrons. The predicted octanol–water partition coefficient (Wildman–Crippen LogP) is 1.45. The highest BCUT2D eigenvalue weighted by Crippen LogP contribution is 2.26. The Kier molecular flexibility index (Phi) is 6.55. The quantitative estimate of drug-likeness (QED) is 0.511. The van der Waals surface area contributed by atoms with Crippen molar-refractivity contribution in [1.29, 1.82) is 0 Å². The van der Waals surface area contributed by atoms with E-state index in [4.69, 9.17) is 9.47 Å². The summed E-state index contributed by atoms with van der Waals surface area (Å²) in [6.07, 6.45) is 3.49. The number of imidazole rings is 1. The number of fused-ring (bicyclic) bond motifs is 1. The van der Waals surface area contributed by atoms with Crippen LogP contribution in [0.4, 0.5) is 5.69 Å². The minimum atomic E-state index is -3.82. The van der Waals surface area contributed by atoms with Gasteiger partial charge in [-0.3, -0.25) is 14.0 Å². The Morgan fingerprint density at radius 2 is 2.06 bits per heavy atom. The van der Waals surface area contributed by atoms with Crippen molar-refractivity contribution in [3.8, 4) is 0 Å². The van der Waals surface area contributed by atoms with Gasteiger partial charge >= 0.3 is 5.97 Å². The van der Waals surface area contributed by atoms with E-state index in [-0.39, 0.29) is 30.1 Å². The van der Waals surface area contributed by atoms with E-state index in [1.54, 1.807) is 23.6 Å². The lowest BCUT2D eigenvalue weighted by Gasteiger charge is -2.27. The summed E-state index contributed by atoms with van der Waals surface area (Å²) < 4.78 is 39.6. The zero-order valence-electron chi connectivity index (χ0n) is 17.3. The molecule has 0 atom stereocenters. The second-order valence-corrected chi connectivity index (χ2v) is 10.0. The third-order valence-corrected chi connectivity index (χ3v) is 7.54. The van der Waals surface area contributed by atoms with Gasteiger partial charge in [0.2, 0.25) is 10.0 Å². The molecule has 1 aromatic carbocycles. The van der Waals surface area contributed by atoms with Crippen molar-refractivity contribution in [1.82, 2.24) is 13.7 Å².